The summed E-state index contributed by atoms with van der Waals surface area (Å²) < 4.78 is 0. The Hall–Kier alpha value is -1.59. The first-order chi connectivity index (χ1) is 13.6. The Kier molecular flexibility index (Phi) is 4.84. The van der Waals surface area contributed by atoms with Crippen molar-refractivity contribution in [2.45, 2.75) is 50.1 Å². The van der Waals surface area contributed by atoms with Crippen LogP contribution >= 0.6 is 11.8 Å². The van der Waals surface area contributed by atoms with Gasteiger partial charge in [0, 0.05) is 36.9 Å². The molecule has 1 N–H and O–H groups in total. The third kappa shape index (κ3) is 3.22. The summed E-state index contributed by atoms with van der Waals surface area (Å²) in [4.78, 5) is 12.8. The second-order valence-electron chi connectivity index (χ2n) is 9.05. The number of hydrogen-bond donors (Lipinski definition) is 1. The van der Waals surface area contributed by atoms with Crippen LogP contribution in [0.2, 0.25) is 0 Å². The van der Waals surface area contributed by atoms with Crippen LogP contribution in [-0.4, -0.2) is 28.0 Å². The van der Waals surface area contributed by atoms with E-state index < -0.39 is 0 Å². The fourth-order valence-corrected chi connectivity index (χ4v) is 6.85. The first kappa shape index (κ1) is 18.4. The molecule has 1 aliphatic carbocycles. The van der Waals surface area contributed by atoms with E-state index in [4.69, 9.17) is 0 Å². The van der Waals surface area contributed by atoms with Crippen LogP contribution in [0.5, 0.6) is 0 Å². The second-order valence-corrected chi connectivity index (χ2v) is 10.1. The van der Waals surface area contributed by atoms with E-state index in [0.29, 0.717) is 0 Å². The first-order valence-corrected chi connectivity index (χ1v) is 11.5. The third-order valence-corrected chi connectivity index (χ3v) is 8.36. The molecule has 0 radical (unpaired) electrons. The van der Waals surface area contributed by atoms with Gasteiger partial charge in [-0.15, -0.1) is 0 Å². The van der Waals surface area contributed by atoms with Gasteiger partial charge >= 0.3 is 0 Å². The topological polar surface area (TPSA) is 41.0 Å². The van der Waals surface area contributed by atoms with Crippen molar-refractivity contribution >= 4 is 23.3 Å². The molecule has 4 unspecified atom stereocenters. The average molecular weight is 395 g/mol. The molecule has 2 fully saturated rings. The molecule has 148 valence electrons. The highest BCUT2D eigenvalue weighted by atomic mass is 32.2. The van der Waals surface area contributed by atoms with E-state index in [1.54, 1.807) is 24.2 Å². The highest BCUT2D eigenvalue weighted by molar-refractivity contribution is 7.99. The van der Waals surface area contributed by atoms with E-state index in [1.165, 1.54) is 42.1 Å². The number of anilines is 2. The van der Waals surface area contributed by atoms with Gasteiger partial charge in [-0.25, -0.2) is 9.97 Å². The molecular formula is C23H30N4S. The monoisotopic (exact) mass is 394 g/mol. The molecule has 1 aromatic heterocycles. The average Bonchev–Trinajstić information content (AvgIpc) is 2.70. The summed E-state index contributed by atoms with van der Waals surface area (Å²) in [6.45, 7) is 10.9. The molecule has 2 aromatic rings. The number of nitrogens with zero attached hydrogens (tertiary/aromatic N) is 3. The number of nitrogens with one attached hydrogen (secondary N) is 1. The molecule has 3 heterocycles. The van der Waals surface area contributed by atoms with Crippen LogP contribution in [0.4, 0.5) is 11.5 Å². The number of rotatable bonds is 3. The van der Waals surface area contributed by atoms with E-state index in [2.05, 4.69) is 59.2 Å². The third-order valence-electron chi connectivity index (χ3n) is 7.29. The number of benzene rings is 1. The molecule has 28 heavy (non-hydrogen) atoms. The van der Waals surface area contributed by atoms with Gasteiger partial charge < -0.3 is 5.32 Å². The maximum absolute atomic E-state index is 4.43. The van der Waals surface area contributed by atoms with Gasteiger partial charge in [-0.2, -0.15) is 0 Å². The molecule has 1 saturated carbocycles. The van der Waals surface area contributed by atoms with Crippen molar-refractivity contribution in [1.29, 1.82) is 0 Å². The van der Waals surface area contributed by atoms with Crippen LogP contribution < -0.4 is 5.32 Å². The second kappa shape index (κ2) is 7.34. The van der Waals surface area contributed by atoms with Crippen molar-refractivity contribution in [1.82, 2.24) is 14.9 Å². The van der Waals surface area contributed by atoms with Gasteiger partial charge in [0.1, 0.15) is 5.03 Å². The highest BCUT2D eigenvalue weighted by Gasteiger charge is 2.44. The van der Waals surface area contributed by atoms with Gasteiger partial charge in [0.15, 0.2) is 5.82 Å². The SMILES string of the molecule is CCC1C2CN(Cc3ccc4c(c3)Nc3nccnc3S4)CC1C(C)CC2C. The Labute approximate surface area is 172 Å². The minimum atomic E-state index is 0.857. The maximum atomic E-state index is 4.43. The van der Waals surface area contributed by atoms with Gasteiger partial charge in [-0.05, 0) is 53.7 Å². The van der Waals surface area contributed by atoms with E-state index in [1.807, 2.05) is 0 Å². The highest BCUT2D eigenvalue weighted by Crippen LogP contribution is 2.48. The largest absolute Gasteiger partial charge is 0.337 e. The lowest BCUT2D eigenvalue weighted by molar-refractivity contribution is -0.0428. The lowest BCUT2D eigenvalue weighted by atomic mass is 9.59. The van der Waals surface area contributed by atoms with E-state index >= 15 is 0 Å². The Morgan fingerprint density at radius 2 is 1.86 bits per heavy atom. The molecule has 1 aromatic carbocycles. The Morgan fingerprint density at radius 1 is 1.11 bits per heavy atom. The van der Waals surface area contributed by atoms with Crippen molar-refractivity contribution in [3.05, 3.63) is 36.2 Å². The van der Waals surface area contributed by atoms with Crippen LogP contribution in [0.25, 0.3) is 0 Å². The number of aromatic nitrogens is 2. The number of hydrogen-bond acceptors (Lipinski definition) is 5. The minimum absolute atomic E-state index is 0.857. The molecule has 2 aliphatic heterocycles. The summed E-state index contributed by atoms with van der Waals surface area (Å²) in [5.41, 5.74) is 2.56. The van der Waals surface area contributed by atoms with Gasteiger partial charge in [0.2, 0.25) is 0 Å². The van der Waals surface area contributed by atoms with E-state index in [-0.39, 0.29) is 0 Å². The van der Waals surface area contributed by atoms with Crippen LogP contribution in [0.3, 0.4) is 0 Å². The smallest absolute Gasteiger partial charge is 0.163 e. The van der Waals surface area contributed by atoms with Gasteiger partial charge in [-0.3, -0.25) is 4.90 Å². The quantitative estimate of drug-likeness (QED) is 0.641. The first-order valence-electron chi connectivity index (χ1n) is 10.7. The molecule has 0 amide bonds. The lowest BCUT2D eigenvalue weighted by Crippen LogP contribution is -2.53. The summed E-state index contributed by atoms with van der Waals surface area (Å²) in [5.74, 6) is 5.25. The van der Waals surface area contributed by atoms with Crippen molar-refractivity contribution in [2.24, 2.45) is 29.6 Å². The van der Waals surface area contributed by atoms with Crippen LogP contribution in [0.15, 0.2) is 40.5 Å². The van der Waals surface area contributed by atoms with Gasteiger partial charge in [-0.1, -0.05) is 45.0 Å². The predicted octanol–water partition coefficient (Wildman–Crippen LogP) is 5.43. The molecule has 1 saturated heterocycles. The Bertz CT molecular complexity index is 851. The molecule has 4 nitrogen and oxygen atoms in total. The fraction of sp³-hybridized carbons (Fsp3) is 0.565. The van der Waals surface area contributed by atoms with Gasteiger partial charge in [0.05, 0.1) is 5.69 Å². The Morgan fingerprint density at radius 3 is 2.61 bits per heavy atom. The van der Waals surface area contributed by atoms with Gasteiger partial charge in [0.25, 0.3) is 0 Å². The normalized spacial score (nSPS) is 31.6. The molecule has 5 rings (SSSR count). The number of piperidine rings is 1. The van der Waals surface area contributed by atoms with Crippen molar-refractivity contribution < 1.29 is 0 Å². The molecule has 5 heteroatoms. The zero-order valence-electron chi connectivity index (χ0n) is 17.1. The van der Waals surface area contributed by atoms with Crippen LogP contribution in [-0.2, 0) is 6.54 Å². The molecule has 4 atom stereocenters. The van der Waals surface area contributed by atoms with E-state index in [9.17, 15) is 0 Å². The van der Waals surface area contributed by atoms with Crippen LogP contribution in [0, 0.1) is 29.6 Å². The molecule has 2 bridgehead atoms. The minimum Gasteiger partial charge on any atom is -0.337 e. The number of likely N-dealkylation sites (tertiary alicyclic amines) is 1. The lowest BCUT2D eigenvalue weighted by Gasteiger charge is -2.53. The summed E-state index contributed by atoms with van der Waals surface area (Å²) in [6.07, 6.45) is 6.27. The fourth-order valence-electron chi connectivity index (χ4n) is 5.97. The Balaban J connectivity index is 1.34. The zero-order chi connectivity index (χ0) is 19.3. The molecular weight excluding hydrogens is 364 g/mol. The summed E-state index contributed by atoms with van der Waals surface area (Å²) in [5, 5.41) is 4.43. The summed E-state index contributed by atoms with van der Waals surface area (Å²) >= 11 is 1.70. The van der Waals surface area contributed by atoms with E-state index in [0.717, 1.165) is 47.0 Å². The van der Waals surface area contributed by atoms with Crippen molar-refractivity contribution in [3.63, 3.8) is 0 Å². The molecule has 0 spiro atoms. The van der Waals surface area contributed by atoms with Crippen molar-refractivity contribution in [2.75, 3.05) is 18.4 Å². The molecule has 3 aliphatic rings. The summed E-state index contributed by atoms with van der Waals surface area (Å²) in [7, 11) is 0. The standard InChI is InChI=1S/C23H30N4S/c1-4-17-18-12-27(13-19(17)15(3)9-14(18)2)11-16-5-6-21-20(10-16)26-22-23(28-21)25-8-7-24-22/h5-8,10,14-15,17-19H,4,9,11-13H2,1-3H3,(H,24,26). The maximum Gasteiger partial charge on any atom is 0.163 e. The summed E-state index contributed by atoms with van der Waals surface area (Å²) in [6, 6.07) is 6.85. The van der Waals surface area contributed by atoms with Crippen LogP contribution in [0.1, 0.15) is 39.2 Å². The zero-order valence-corrected chi connectivity index (χ0v) is 17.9. The van der Waals surface area contributed by atoms with Crippen molar-refractivity contribution in [3.8, 4) is 0 Å². The number of fused-ring (bicyclic) bond motifs is 4. The predicted molar refractivity (Wildman–Crippen MR) is 115 cm³/mol.